The molecule has 0 saturated heterocycles. The third-order valence-corrected chi connectivity index (χ3v) is 1.04. The smallest absolute Gasteiger partial charge is 0.0494 e. The SMILES string of the molecule is COC[CH]CCCOC. The third-order valence-electron chi connectivity index (χ3n) is 1.04. The van der Waals surface area contributed by atoms with Gasteiger partial charge < -0.3 is 9.47 Å². The molecule has 0 amide bonds. The van der Waals surface area contributed by atoms with Gasteiger partial charge in [-0.1, -0.05) is 0 Å². The zero-order chi connectivity index (χ0) is 6.95. The number of unbranched alkanes of at least 4 members (excludes halogenated alkanes) is 2. The summed E-state index contributed by atoms with van der Waals surface area (Å²) in [4.78, 5) is 0. The molecular weight excluding hydrogens is 116 g/mol. The van der Waals surface area contributed by atoms with Crippen LogP contribution >= 0.6 is 0 Å². The summed E-state index contributed by atoms with van der Waals surface area (Å²) >= 11 is 0. The highest BCUT2D eigenvalue weighted by atomic mass is 16.5. The van der Waals surface area contributed by atoms with Gasteiger partial charge in [-0.05, 0) is 19.3 Å². The first-order valence-corrected chi connectivity index (χ1v) is 3.21. The Balaban J connectivity index is 2.60. The van der Waals surface area contributed by atoms with Gasteiger partial charge in [-0.15, -0.1) is 0 Å². The van der Waals surface area contributed by atoms with Crippen LogP contribution in [0.5, 0.6) is 0 Å². The minimum absolute atomic E-state index is 0.754. The first kappa shape index (κ1) is 8.92. The molecule has 2 heteroatoms. The average molecular weight is 131 g/mol. The average Bonchev–Trinajstić information content (AvgIpc) is 1.89. The normalized spacial score (nSPS) is 10.0. The van der Waals surface area contributed by atoms with E-state index in [0.717, 1.165) is 26.1 Å². The quantitative estimate of drug-likeness (QED) is 0.505. The summed E-state index contributed by atoms with van der Waals surface area (Å²) < 4.78 is 9.69. The molecule has 0 atom stereocenters. The maximum atomic E-state index is 4.86. The van der Waals surface area contributed by atoms with Crippen LogP contribution in [0.3, 0.4) is 0 Å². The molecule has 0 aromatic heterocycles. The Kier molecular flexibility index (Phi) is 7.85. The van der Waals surface area contributed by atoms with Crippen molar-refractivity contribution in [1.29, 1.82) is 0 Å². The first-order valence-electron chi connectivity index (χ1n) is 3.21. The van der Waals surface area contributed by atoms with Crippen molar-refractivity contribution in [1.82, 2.24) is 0 Å². The second-order valence-corrected chi connectivity index (χ2v) is 1.88. The molecule has 9 heavy (non-hydrogen) atoms. The maximum Gasteiger partial charge on any atom is 0.0494 e. The Morgan fingerprint density at radius 1 is 1.22 bits per heavy atom. The molecule has 0 aromatic rings. The van der Waals surface area contributed by atoms with E-state index in [4.69, 9.17) is 9.47 Å². The molecule has 2 nitrogen and oxygen atoms in total. The molecule has 0 saturated carbocycles. The molecule has 0 aliphatic carbocycles. The minimum atomic E-state index is 0.754. The van der Waals surface area contributed by atoms with Crippen molar-refractivity contribution in [3.05, 3.63) is 6.42 Å². The maximum absolute atomic E-state index is 4.86. The van der Waals surface area contributed by atoms with Crippen LogP contribution in [-0.4, -0.2) is 27.4 Å². The lowest BCUT2D eigenvalue weighted by molar-refractivity contribution is 0.188. The van der Waals surface area contributed by atoms with E-state index in [1.165, 1.54) is 0 Å². The van der Waals surface area contributed by atoms with Crippen molar-refractivity contribution in [2.45, 2.75) is 12.8 Å². The van der Waals surface area contributed by atoms with Crippen LogP contribution in [0, 0.1) is 6.42 Å². The summed E-state index contributed by atoms with van der Waals surface area (Å²) in [6.45, 7) is 1.60. The Morgan fingerprint density at radius 2 is 2.00 bits per heavy atom. The summed E-state index contributed by atoms with van der Waals surface area (Å²) in [6.07, 6.45) is 4.29. The summed E-state index contributed by atoms with van der Waals surface area (Å²) in [7, 11) is 3.42. The van der Waals surface area contributed by atoms with Gasteiger partial charge in [0.1, 0.15) is 0 Å². The third kappa shape index (κ3) is 7.92. The van der Waals surface area contributed by atoms with E-state index in [9.17, 15) is 0 Å². The van der Waals surface area contributed by atoms with Gasteiger partial charge in [0, 0.05) is 27.4 Å². The van der Waals surface area contributed by atoms with E-state index in [2.05, 4.69) is 6.42 Å². The predicted molar refractivity (Wildman–Crippen MR) is 37.3 cm³/mol. The molecule has 0 unspecified atom stereocenters. The van der Waals surface area contributed by atoms with Crippen molar-refractivity contribution in [2.24, 2.45) is 0 Å². The highest BCUT2D eigenvalue weighted by molar-refractivity contribution is 4.61. The van der Waals surface area contributed by atoms with Crippen LogP contribution in [0.2, 0.25) is 0 Å². The monoisotopic (exact) mass is 131 g/mol. The lowest BCUT2D eigenvalue weighted by Crippen LogP contribution is -1.92. The summed E-state index contributed by atoms with van der Waals surface area (Å²) in [5.41, 5.74) is 0. The largest absolute Gasteiger partial charge is 0.385 e. The van der Waals surface area contributed by atoms with E-state index in [1.54, 1.807) is 14.2 Å². The summed E-state index contributed by atoms with van der Waals surface area (Å²) in [5.74, 6) is 0. The Morgan fingerprint density at radius 3 is 2.56 bits per heavy atom. The molecule has 55 valence electrons. The molecule has 0 rings (SSSR count). The molecule has 0 bridgehead atoms. The van der Waals surface area contributed by atoms with Gasteiger partial charge in [0.2, 0.25) is 0 Å². The Hall–Kier alpha value is -0.0800. The molecular formula is C7H15O2. The van der Waals surface area contributed by atoms with Gasteiger partial charge in [0.25, 0.3) is 0 Å². The number of rotatable bonds is 6. The van der Waals surface area contributed by atoms with Crippen molar-refractivity contribution >= 4 is 0 Å². The first-order chi connectivity index (χ1) is 4.41. The summed E-state index contributed by atoms with van der Waals surface area (Å²) in [6, 6.07) is 0. The van der Waals surface area contributed by atoms with E-state index < -0.39 is 0 Å². The highest BCUT2D eigenvalue weighted by Crippen LogP contribution is 1.93. The van der Waals surface area contributed by atoms with Crippen LogP contribution < -0.4 is 0 Å². The lowest BCUT2D eigenvalue weighted by Gasteiger charge is -1.97. The van der Waals surface area contributed by atoms with Crippen molar-refractivity contribution < 1.29 is 9.47 Å². The van der Waals surface area contributed by atoms with E-state index in [-0.39, 0.29) is 0 Å². The van der Waals surface area contributed by atoms with Gasteiger partial charge in [0.05, 0.1) is 0 Å². The fraction of sp³-hybridized carbons (Fsp3) is 0.857. The lowest BCUT2D eigenvalue weighted by atomic mass is 10.2. The zero-order valence-electron chi connectivity index (χ0n) is 6.22. The van der Waals surface area contributed by atoms with Crippen molar-refractivity contribution in [2.75, 3.05) is 27.4 Å². The molecule has 0 aliphatic heterocycles. The summed E-state index contributed by atoms with van der Waals surface area (Å²) in [5, 5.41) is 0. The van der Waals surface area contributed by atoms with Gasteiger partial charge in [-0.25, -0.2) is 0 Å². The second kappa shape index (κ2) is 7.92. The molecule has 0 fully saturated rings. The van der Waals surface area contributed by atoms with Crippen LogP contribution in [0.15, 0.2) is 0 Å². The molecule has 0 aliphatic rings. The van der Waals surface area contributed by atoms with Gasteiger partial charge in [0.15, 0.2) is 0 Å². The highest BCUT2D eigenvalue weighted by Gasteiger charge is 1.86. The second-order valence-electron chi connectivity index (χ2n) is 1.88. The molecule has 1 radical (unpaired) electrons. The minimum Gasteiger partial charge on any atom is -0.385 e. The van der Waals surface area contributed by atoms with Crippen LogP contribution in [-0.2, 0) is 9.47 Å². The Labute approximate surface area is 57.2 Å². The Bertz CT molecular complexity index is 40.2. The van der Waals surface area contributed by atoms with Crippen molar-refractivity contribution in [3.8, 4) is 0 Å². The molecule has 0 aromatic carbocycles. The molecule has 0 spiro atoms. The number of methoxy groups -OCH3 is 2. The fourth-order valence-corrected chi connectivity index (χ4v) is 0.573. The fourth-order valence-electron chi connectivity index (χ4n) is 0.573. The van der Waals surface area contributed by atoms with Crippen LogP contribution in [0.25, 0.3) is 0 Å². The zero-order valence-corrected chi connectivity index (χ0v) is 6.22. The number of ether oxygens (including phenoxy) is 2. The van der Waals surface area contributed by atoms with Crippen molar-refractivity contribution in [3.63, 3.8) is 0 Å². The van der Waals surface area contributed by atoms with E-state index in [0.29, 0.717) is 0 Å². The van der Waals surface area contributed by atoms with E-state index >= 15 is 0 Å². The number of hydrogen-bond donors (Lipinski definition) is 0. The standard InChI is InChI=1S/C7H15O2/c1-8-6-4-3-5-7-9-2/h4H,3,5-7H2,1-2H3. The topological polar surface area (TPSA) is 18.5 Å². The predicted octanol–water partition coefficient (Wildman–Crippen LogP) is 1.26. The van der Waals surface area contributed by atoms with Crippen LogP contribution in [0.1, 0.15) is 12.8 Å². The van der Waals surface area contributed by atoms with Crippen LogP contribution in [0.4, 0.5) is 0 Å². The van der Waals surface area contributed by atoms with Gasteiger partial charge in [-0.3, -0.25) is 0 Å². The molecule has 0 heterocycles. The molecule has 0 N–H and O–H groups in total. The van der Waals surface area contributed by atoms with Gasteiger partial charge >= 0.3 is 0 Å². The number of hydrogen-bond acceptors (Lipinski definition) is 2. The van der Waals surface area contributed by atoms with Gasteiger partial charge in [-0.2, -0.15) is 0 Å². The van der Waals surface area contributed by atoms with E-state index in [1.807, 2.05) is 0 Å².